The molecule has 1 aromatic carbocycles. The Morgan fingerprint density at radius 2 is 2.08 bits per heavy atom. The number of H-pyrrole nitrogens is 1. The number of hydrogen-bond donors (Lipinski definition) is 2. The largest absolute Gasteiger partial charge is 0.497 e. The summed E-state index contributed by atoms with van der Waals surface area (Å²) in [4.78, 5) is 9.59. The molecular formula is C29H40N8O. The van der Waals surface area contributed by atoms with Gasteiger partial charge in [0.05, 0.1) is 18.3 Å². The first-order chi connectivity index (χ1) is 18.3. The first kappa shape index (κ1) is 27.3. The number of anilines is 2. The van der Waals surface area contributed by atoms with Gasteiger partial charge >= 0.3 is 0 Å². The SMILES string of the molecule is C\C=C/C(=C\C(=C/C)OC)CN(C)c1nnc(-c2ccc3[nH]nc(C)c3c2)nc1N1CCN[C@@H](C(C)C)C1. The van der Waals surface area contributed by atoms with Gasteiger partial charge in [0, 0.05) is 50.2 Å². The van der Waals surface area contributed by atoms with Crippen molar-refractivity contribution < 1.29 is 4.74 Å². The fourth-order valence-electron chi connectivity index (χ4n) is 4.75. The summed E-state index contributed by atoms with van der Waals surface area (Å²) < 4.78 is 5.48. The number of methoxy groups -OCH3 is 1. The predicted molar refractivity (Wildman–Crippen MR) is 155 cm³/mol. The molecule has 3 heterocycles. The lowest BCUT2D eigenvalue weighted by atomic mass is 10.0. The van der Waals surface area contributed by atoms with Crippen LogP contribution in [0.3, 0.4) is 0 Å². The Morgan fingerprint density at radius 1 is 1.26 bits per heavy atom. The zero-order valence-electron chi connectivity index (χ0n) is 23.6. The maximum atomic E-state index is 5.48. The number of aryl methyl sites for hydroxylation is 1. The minimum atomic E-state index is 0.377. The second-order valence-corrected chi connectivity index (χ2v) is 10.1. The molecule has 0 spiro atoms. The summed E-state index contributed by atoms with van der Waals surface area (Å²) >= 11 is 0. The summed E-state index contributed by atoms with van der Waals surface area (Å²) in [6.45, 7) is 13.7. The smallest absolute Gasteiger partial charge is 0.194 e. The molecule has 38 heavy (non-hydrogen) atoms. The molecule has 0 amide bonds. The zero-order valence-corrected chi connectivity index (χ0v) is 23.6. The third-order valence-corrected chi connectivity index (χ3v) is 6.98. The Hall–Kier alpha value is -3.72. The lowest BCUT2D eigenvalue weighted by Crippen LogP contribution is -2.53. The van der Waals surface area contributed by atoms with Gasteiger partial charge in [-0.05, 0) is 62.6 Å². The molecule has 4 rings (SSSR count). The van der Waals surface area contributed by atoms with E-state index in [1.54, 1.807) is 7.11 Å². The summed E-state index contributed by atoms with van der Waals surface area (Å²) in [6, 6.07) is 6.51. The summed E-state index contributed by atoms with van der Waals surface area (Å²) in [7, 11) is 3.73. The Balaban J connectivity index is 1.75. The molecule has 1 saturated heterocycles. The molecule has 0 bridgehead atoms. The molecule has 1 aliphatic heterocycles. The van der Waals surface area contributed by atoms with Crippen LogP contribution in [-0.4, -0.2) is 71.8 Å². The van der Waals surface area contributed by atoms with Gasteiger partial charge < -0.3 is 19.9 Å². The van der Waals surface area contributed by atoms with Crippen molar-refractivity contribution in [2.45, 2.75) is 40.7 Å². The monoisotopic (exact) mass is 516 g/mol. The molecular weight excluding hydrogens is 476 g/mol. The van der Waals surface area contributed by atoms with Crippen LogP contribution >= 0.6 is 0 Å². The van der Waals surface area contributed by atoms with Gasteiger partial charge in [0.1, 0.15) is 5.76 Å². The summed E-state index contributed by atoms with van der Waals surface area (Å²) in [5, 5.41) is 21.5. The van der Waals surface area contributed by atoms with E-state index in [2.05, 4.69) is 56.4 Å². The molecule has 1 fully saturated rings. The zero-order chi connectivity index (χ0) is 27.2. The van der Waals surface area contributed by atoms with Crippen LogP contribution in [0.1, 0.15) is 33.4 Å². The molecule has 0 saturated carbocycles. The van der Waals surface area contributed by atoms with Crippen molar-refractivity contribution in [3.8, 4) is 11.4 Å². The molecule has 202 valence electrons. The van der Waals surface area contributed by atoms with E-state index in [9.17, 15) is 0 Å². The van der Waals surface area contributed by atoms with Gasteiger partial charge in [0.15, 0.2) is 17.5 Å². The van der Waals surface area contributed by atoms with Gasteiger partial charge in [-0.1, -0.05) is 26.0 Å². The number of aromatic amines is 1. The van der Waals surface area contributed by atoms with Crippen molar-refractivity contribution in [1.82, 2.24) is 30.7 Å². The maximum Gasteiger partial charge on any atom is 0.194 e. The fourth-order valence-corrected chi connectivity index (χ4v) is 4.75. The fraction of sp³-hybridized carbons (Fsp3) is 0.448. The van der Waals surface area contributed by atoms with Crippen molar-refractivity contribution >= 4 is 22.5 Å². The first-order valence-electron chi connectivity index (χ1n) is 13.3. The summed E-state index contributed by atoms with van der Waals surface area (Å²) in [6.07, 6.45) is 8.13. The number of piperazine rings is 1. The average molecular weight is 517 g/mol. The van der Waals surface area contributed by atoms with E-state index in [0.717, 1.165) is 64.8 Å². The molecule has 9 heteroatoms. The molecule has 2 aromatic heterocycles. The third-order valence-electron chi connectivity index (χ3n) is 6.98. The van der Waals surface area contributed by atoms with Crippen molar-refractivity contribution in [3.63, 3.8) is 0 Å². The van der Waals surface area contributed by atoms with E-state index in [-0.39, 0.29) is 0 Å². The van der Waals surface area contributed by atoms with Crippen LogP contribution in [0.5, 0.6) is 0 Å². The van der Waals surface area contributed by atoms with Crippen LogP contribution in [0.2, 0.25) is 0 Å². The van der Waals surface area contributed by atoms with Crippen molar-refractivity contribution in [2.75, 3.05) is 50.1 Å². The second-order valence-electron chi connectivity index (χ2n) is 10.1. The minimum absolute atomic E-state index is 0.377. The topological polar surface area (TPSA) is 95.1 Å². The van der Waals surface area contributed by atoms with Crippen LogP contribution in [-0.2, 0) is 4.74 Å². The van der Waals surface area contributed by atoms with Gasteiger partial charge in [-0.25, -0.2) is 4.98 Å². The standard InChI is InChI=1S/C29H40N8O/c1-8-10-21(15-23(9-2)38-7)17-36(6)29-28(37-14-13-30-26(18-37)19(3)4)31-27(34-35-29)22-11-12-25-24(16-22)20(5)32-33-25/h8-12,15-16,19,26,30H,13-14,17-18H2,1-7H3,(H,32,33)/b10-8-,21-15+,23-9+/t26-/m1/s1. The highest BCUT2D eigenvalue weighted by Gasteiger charge is 2.27. The van der Waals surface area contributed by atoms with Crippen molar-refractivity contribution in [1.29, 1.82) is 0 Å². The normalized spacial score (nSPS) is 17.2. The molecule has 1 atom stereocenters. The minimum Gasteiger partial charge on any atom is -0.497 e. The number of rotatable bonds is 9. The van der Waals surface area contributed by atoms with Crippen molar-refractivity contribution in [2.24, 2.45) is 5.92 Å². The van der Waals surface area contributed by atoms with Gasteiger partial charge in [-0.2, -0.15) is 5.10 Å². The Morgan fingerprint density at radius 3 is 2.79 bits per heavy atom. The summed E-state index contributed by atoms with van der Waals surface area (Å²) in [5.41, 5.74) is 3.97. The van der Waals surface area contributed by atoms with Gasteiger partial charge in [-0.15, -0.1) is 10.2 Å². The molecule has 0 unspecified atom stereocenters. The number of allylic oxidation sites excluding steroid dienone is 3. The van der Waals surface area contributed by atoms with E-state index in [0.29, 0.717) is 24.3 Å². The Labute approximate surface area is 225 Å². The Kier molecular flexibility index (Phi) is 8.78. The number of nitrogens with one attached hydrogen (secondary N) is 2. The van der Waals surface area contributed by atoms with E-state index < -0.39 is 0 Å². The van der Waals surface area contributed by atoms with Crippen LogP contribution < -0.4 is 15.1 Å². The predicted octanol–water partition coefficient (Wildman–Crippen LogP) is 4.65. The lowest BCUT2D eigenvalue weighted by Gasteiger charge is -2.37. The first-order valence-corrected chi connectivity index (χ1v) is 13.3. The third kappa shape index (κ3) is 6.05. The number of benzene rings is 1. The number of fused-ring (bicyclic) bond motifs is 1. The van der Waals surface area contributed by atoms with E-state index in [1.807, 2.05) is 58.2 Å². The number of likely N-dealkylation sites (N-methyl/N-ethyl adjacent to an activating group) is 1. The number of ether oxygens (including phenoxy) is 1. The van der Waals surface area contributed by atoms with Gasteiger partial charge in [0.2, 0.25) is 0 Å². The molecule has 0 aliphatic carbocycles. The lowest BCUT2D eigenvalue weighted by molar-refractivity contribution is 0.305. The molecule has 9 nitrogen and oxygen atoms in total. The van der Waals surface area contributed by atoms with E-state index in [4.69, 9.17) is 14.8 Å². The molecule has 1 aliphatic rings. The van der Waals surface area contributed by atoms with E-state index in [1.165, 1.54) is 0 Å². The molecule has 0 radical (unpaired) electrons. The van der Waals surface area contributed by atoms with Crippen LogP contribution in [0.4, 0.5) is 11.6 Å². The average Bonchev–Trinajstić information content (AvgIpc) is 3.31. The molecule has 3 aromatic rings. The van der Waals surface area contributed by atoms with Gasteiger partial charge in [-0.3, -0.25) is 5.10 Å². The van der Waals surface area contributed by atoms with Crippen molar-refractivity contribution in [3.05, 3.63) is 59.5 Å². The number of nitrogens with zero attached hydrogens (tertiary/aromatic N) is 6. The maximum absolute atomic E-state index is 5.48. The second kappa shape index (κ2) is 12.2. The number of aromatic nitrogens is 5. The highest BCUT2D eigenvalue weighted by Crippen LogP contribution is 2.30. The van der Waals surface area contributed by atoms with Crippen LogP contribution in [0.25, 0.3) is 22.3 Å². The van der Waals surface area contributed by atoms with E-state index >= 15 is 0 Å². The van der Waals surface area contributed by atoms with Gasteiger partial charge in [0.25, 0.3) is 0 Å². The quantitative estimate of drug-likeness (QED) is 0.314. The number of hydrogen-bond acceptors (Lipinski definition) is 8. The van der Waals surface area contributed by atoms with Crippen LogP contribution in [0, 0.1) is 12.8 Å². The highest BCUT2D eigenvalue weighted by atomic mass is 16.5. The van der Waals surface area contributed by atoms with Crippen LogP contribution in [0.15, 0.2) is 53.8 Å². The highest BCUT2D eigenvalue weighted by molar-refractivity contribution is 5.85. The summed E-state index contributed by atoms with van der Waals surface area (Å²) in [5.74, 6) is 3.55. The molecule has 2 N–H and O–H groups in total. The Bertz CT molecular complexity index is 1340.